The van der Waals surface area contributed by atoms with Crippen molar-refractivity contribution in [3.05, 3.63) is 23.8 Å². The molecule has 5 nitrogen and oxygen atoms in total. The highest BCUT2D eigenvalue weighted by molar-refractivity contribution is 5.85. The zero-order valence-electron chi connectivity index (χ0n) is 18.8. The summed E-state index contributed by atoms with van der Waals surface area (Å²) in [7, 11) is 1.80. The Hall–Kier alpha value is -1.62. The van der Waals surface area contributed by atoms with Crippen LogP contribution in [-0.4, -0.2) is 36.1 Å². The summed E-state index contributed by atoms with van der Waals surface area (Å²) in [6.45, 7) is 18.1. The van der Waals surface area contributed by atoms with Crippen LogP contribution in [0.1, 0.15) is 62.3 Å². The summed E-state index contributed by atoms with van der Waals surface area (Å²) in [5.74, 6) is -0.693. The molecule has 0 saturated heterocycles. The Morgan fingerprint density at radius 1 is 0.963 bits per heavy atom. The summed E-state index contributed by atoms with van der Waals surface area (Å²) in [5.41, 5.74) is -0.0416. The van der Waals surface area contributed by atoms with Crippen molar-refractivity contribution < 1.29 is 14.7 Å². The van der Waals surface area contributed by atoms with E-state index in [2.05, 4.69) is 45.3 Å². The lowest BCUT2D eigenvalue weighted by molar-refractivity contribution is -0.132. The van der Waals surface area contributed by atoms with Crippen LogP contribution in [0.2, 0.25) is 0 Å². The summed E-state index contributed by atoms with van der Waals surface area (Å²) in [6, 6.07) is -0.464. The van der Waals surface area contributed by atoms with Crippen LogP contribution in [0.3, 0.4) is 0 Å². The highest BCUT2D eigenvalue weighted by Crippen LogP contribution is 2.25. The van der Waals surface area contributed by atoms with Gasteiger partial charge in [0.05, 0.1) is 12.1 Å². The first kappa shape index (κ1) is 25.4. The molecule has 0 aliphatic rings. The van der Waals surface area contributed by atoms with Crippen molar-refractivity contribution in [3.63, 3.8) is 0 Å². The number of nitrogens with one attached hydrogen (secondary N) is 2. The summed E-state index contributed by atoms with van der Waals surface area (Å²) in [6.07, 6.45) is 5.79. The van der Waals surface area contributed by atoms with E-state index in [1.807, 2.05) is 32.9 Å². The number of hydrogen-bond acceptors (Lipinski definition) is 3. The highest BCUT2D eigenvalue weighted by atomic mass is 16.4. The first-order chi connectivity index (χ1) is 12.1. The SMILES string of the molecule is CN[C@H](C(=O)N[C@H](/C=C/[C@@H](/C=C(\C)C(=O)O)C(C)C)C(C)(C)C)C(C)(C)C. The van der Waals surface area contributed by atoms with Gasteiger partial charge in [-0.05, 0) is 36.6 Å². The molecule has 5 heteroatoms. The second-order valence-corrected chi connectivity index (χ2v) is 9.80. The third-order valence-electron chi connectivity index (χ3n) is 4.72. The van der Waals surface area contributed by atoms with E-state index < -0.39 is 5.97 Å². The molecule has 1 amide bonds. The first-order valence-corrected chi connectivity index (χ1v) is 9.69. The lowest BCUT2D eigenvalue weighted by atomic mass is 9.82. The number of likely N-dealkylation sites (N-methyl/N-ethyl adjacent to an activating group) is 1. The maximum absolute atomic E-state index is 12.8. The lowest BCUT2D eigenvalue weighted by Crippen LogP contribution is -2.54. The van der Waals surface area contributed by atoms with Gasteiger partial charge >= 0.3 is 5.97 Å². The normalized spacial score (nSPS) is 17.1. The van der Waals surface area contributed by atoms with Crippen LogP contribution < -0.4 is 10.6 Å². The average Bonchev–Trinajstić information content (AvgIpc) is 2.47. The molecular weight excluding hydrogens is 340 g/mol. The third kappa shape index (κ3) is 8.74. The number of carboxylic acids is 1. The van der Waals surface area contributed by atoms with Gasteiger partial charge < -0.3 is 15.7 Å². The fourth-order valence-electron chi connectivity index (χ4n) is 2.82. The molecule has 0 heterocycles. The van der Waals surface area contributed by atoms with Gasteiger partial charge in [0.2, 0.25) is 5.91 Å². The molecule has 3 N–H and O–H groups in total. The fourth-order valence-corrected chi connectivity index (χ4v) is 2.82. The second-order valence-electron chi connectivity index (χ2n) is 9.80. The van der Waals surface area contributed by atoms with Gasteiger partial charge in [-0.25, -0.2) is 4.79 Å². The van der Waals surface area contributed by atoms with Gasteiger partial charge in [-0.2, -0.15) is 0 Å². The van der Waals surface area contributed by atoms with Crippen LogP contribution >= 0.6 is 0 Å². The van der Waals surface area contributed by atoms with Crippen molar-refractivity contribution in [1.82, 2.24) is 10.6 Å². The topological polar surface area (TPSA) is 78.4 Å². The van der Waals surface area contributed by atoms with Gasteiger partial charge in [0.25, 0.3) is 0 Å². The van der Waals surface area contributed by atoms with Gasteiger partial charge in [-0.15, -0.1) is 0 Å². The van der Waals surface area contributed by atoms with Crippen molar-refractivity contribution >= 4 is 11.9 Å². The Bertz CT molecular complexity index is 563. The molecule has 0 aliphatic carbocycles. The molecular formula is C22H40N2O3. The minimum Gasteiger partial charge on any atom is -0.478 e. The zero-order valence-corrected chi connectivity index (χ0v) is 18.8. The van der Waals surface area contributed by atoms with Crippen LogP contribution in [0.25, 0.3) is 0 Å². The Kier molecular flexibility index (Phi) is 9.47. The van der Waals surface area contributed by atoms with E-state index >= 15 is 0 Å². The van der Waals surface area contributed by atoms with E-state index in [1.54, 1.807) is 20.0 Å². The second kappa shape index (κ2) is 10.1. The number of carboxylic acid groups (broad SMARTS) is 1. The molecule has 0 unspecified atom stereocenters. The standard InChI is InChI=1S/C22H40N2O3/c1-14(2)16(13-15(3)20(26)27)11-12-17(21(4,5)6)24-19(25)18(23-10)22(7,8)9/h11-14,16-18,23H,1-10H3,(H,24,25)(H,26,27)/b12-11+,15-13+/t16-,17+,18+/m0/s1. The van der Waals surface area contributed by atoms with E-state index in [0.29, 0.717) is 5.57 Å². The van der Waals surface area contributed by atoms with Crippen LogP contribution in [0.15, 0.2) is 23.8 Å². The van der Waals surface area contributed by atoms with Gasteiger partial charge in [0.1, 0.15) is 0 Å². The third-order valence-corrected chi connectivity index (χ3v) is 4.72. The molecule has 0 aromatic carbocycles. The lowest BCUT2D eigenvalue weighted by Gasteiger charge is -2.34. The predicted octanol–water partition coefficient (Wildman–Crippen LogP) is 4.01. The molecule has 156 valence electrons. The largest absolute Gasteiger partial charge is 0.478 e. The molecule has 0 rings (SSSR count). The Labute approximate surface area is 165 Å². The average molecular weight is 381 g/mol. The van der Waals surface area contributed by atoms with E-state index in [-0.39, 0.29) is 40.7 Å². The molecule has 0 fully saturated rings. The Morgan fingerprint density at radius 3 is 1.81 bits per heavy atom. The molecule has 0 aromatic rings. The number of hydrogen-bond donors (Lipinski definition) is 3. The van der Waals surface area contributed by atoms with Crippen LogP contribution in [0.4, 0.5) is 0 Å². The van der Waals surface area contributed by atoms with Crippen molar-refractivity contribution in [1.29, 1.82) is 0 Å². The number of allylic oxidation sites excluding steroid dienone is 2. The van der Waals surface area contributed by atoms with Crippen molar-refractivity contribution in [2.45, 2.75) is 74.4 Å². The molecule has 27 heavy (non-hydrogen) atoms. The number of rotatable bonds is 8. The van der Waals surface area contributed by atoms with E-state index in [1.165, 1.54) is 0 Å². The number of amides is 1. The molecule has 0 spiro atoms. The molecule has 0 bridgehead atoms. The molecule has 0 radical (unpaired) electrons. The summed E-state index contributed by atoms with van der Waals surface area (Å²) >= 11 is 0. The van der Waals surface area contributed by atoms with Crippen molar-refractivity contribution in [3.8, 4) is 0 Å². The quantitative estimate of drug-likeness (QED) is 0.439. The van der Waals surface area contributed by atoms with E-state index in [0.717, 1.165) is 0 Å². The molecule has 0 aliphatic heterocycles. The minimum atomic E-state index is -0.906. The van der Waals surface area contributed by atoms with E-state index in [9.17, 15) is 9.59 Å². The van der Waals surface area contributed by atoms with Crippen molar-refractivity contribution in [2.24, 2.45) is 22.7 Å². The number of aliphatic carboxylic acids is 1. The first-order valence-electron chi connectivity index (χ1n) is 9.69. The van der Waals surface area contributed by atoms with Crippen LogP contribution in [0, 0.1) is 22.7 Å². The Morgan fingerprint density at radius 2 is 1.48 bits per heavy atom. The predicted molar refractivity (Wildman–Crippen MR) is 113 cm³/mol. The van der Waals surface area contributed by atoms with E-state index in [4.69, 9.17) is 5.11 Å². The molecule has 0 saturated carbocycles. The van der Waals surface area contributed by atoms with Gasteiger partial charge in [-0.1, -0.05) is 73.6 Å². The van der Waals surface area contributed by atoms with Gasteiger partial charge in [-0.3, -0.25) is 4.79 Å². The maximum atomic E-state index is 12.8. The van der Waals surface area contributed by atoms with Crippen molar-refractivity contribution in [2.75, 3.05) is 7.05 Å². The summed E-state index contributed by atoms with van der Waals surface area (Å²) < 4.78 is 0. The molecule has 0 aromatic heterocycles. The van der Waals surface area contributed by atoms with Gasteiger partial charge in [0, 0.05) is 5.57 Å². The van der Waals surface area contributed by atoms with Crippen LogP contribution in [-0.2, 0) is 9.59 Å². The summed E-state index contributed by atoms with van der Waals surface area (Å²) in [4.78, 5) is 24.0. The number of carbonyl (C=O) groups is 2. The summed E-state index contributed by atoms with van der Waals surface area (Å²) in [5, 5.41) is 15.4. The number of carbonyl (C=O) groups excluding carboxylic acids is 1. The van der Waals surface area contributed by atoms with Gasteiger partial charge in [0.15, 0.2) is 0 Å². The Balaban J connectivity index is 5.60. The highest BCUT2D eigenvalue weighted by Gasteiger charge is 2.33. The fraction of sp³-hybridized carbons (Fsp3) is 0.727. The minimum absolute atomic E-state index is 0.00874. The molecule has 3 atom stereocenters. The monoisotopic (exact) mass is 380 g/mol. The smallest absolute Gasteiger partial charge is 0.330 e. The zero-order chi connectivity index (χ0) is 21.6. The van der Waals surface area contributed by atoms with Crippen LogP contribution in [0.5, 0.6) is 0 Å². The maximum Gasteiger partial charge on any atom is 0.330 e.